The monoisotopic (exact) mass is 476 g/mol. The van der Waals surface area contributed by atoms with Crippen molar-refractivity contribution < 1.29 is 19.1 Å². The quantitative estimate of drug-likeness (QED) is 0.123. The molecule has 0 aliphatic carbocycles. The number of esters is 1. The van der Waals surface area contributed by atoms with Crippen molar-refractivity contribution in [3.63, 3.8) is 0 Å². The molecule has 0 unspecified atom stereocenters. The van der Waals surface area contributed by atoms with Crippen LogP contribution in [0, 0.1) is 11.8 Å². The fourth-order valence-electron chi connectivity index (χ4n) is 3.17. The van der Waals surface area contributed by atoms with Crippen LogP contribution < -0.4 is 10.1 Å². The third kappa shape index (κ3) is 8.13. The number of rotatable bonds is 9. The van der Waals surface area contributed by atoms with Gasteiger partial charge in [0.2, 0.25) is 0 Å². The first-order valence-electron chi connectivity index (χ1n) is 11.2. The molecule has 2 aromatic carbocycles. The highest BCUT2D eigenvalue weighted by molar-refractivity contribution is 7.99. The van der Waals surface area contributed by atoms with Gasteiger partial charge in [-0.2, -0.15) is 0 Å². The number of fused-ring (bicyclic) bond motifs is 1. The molecule has 3 rings (SSSR count). The highest BCUT2D eigenvalue weighted by Gasteiger charge is 2.10. The van der Waals surface area contributed by atoms with E-state index in [1.807, 2.05) is 30.3 Å². The number of nitrogens with one attached hydrogen (secondary N) is 1. The molecular formula is C27H28N2O4S. The van der Waals surface area contributed by atoms with Gasteiger partial charge in [0.05, 0.1) is 16.2 Å². The molecule has 0 fully saturated rings. The normalized spacial score (nSPS) is 10.3. The van der Waals surface area contributed by atoms with Crippen LogP contribution in [0.15, 0.2) is 59.6 Å². The number of ether oxygens (including phenoxy) is 2. The molecule has 1 heterocycles. The number of hydrogen-bond acceptors (Lipinski definition) is 6. The van der Waals surface area contributed by atoms with Gasteiger partial charge in [0.1, 0.15) is 12.4 Å². The van der Waals surface area contributed by atoms with E-state index in [2.05, 4.69) is 29.1 Å². The number of carbonyl (C=O) groups is 2. The Labute approximate surface area is 204 Å². The van der Waals surface area contributed by atoms with Gasteiger partial charge in [-0.1, -0.05) is 37.8 Å². The van der Waals surface area contributed by atoms with Crippen LogP contribution in [0.2, 0.25) is 0 Å². The third-order valence-corrected chi connectivity index (χ3v) is 5.73. The maximum absolute atomic E-state index is 12.3. The number of nitrogens with zero attached hydrogens (tertiary/aromatic N) is 1. The molecule has 0 saturated heterocycles. The Morgan fingerprint density at radius 3 is 2.79 bits per heavy atom. The molecule has 1 aromatic heterocycles. The lowest BCUT2D eigenvalue weighted by atomic mass is 10.2. The molecule has 7 heteroatoms. The van der Waals surface area contributed by atoms with E-state index in [0.717, 1.165) is 34.2 Å². The van der Waals surface area contributed by atoms with Gasteiger partial charge in [0, 0.05) is 30.6 Å². The lowest BCUT2D eigenvalue weighted by molar-refractivity contribution is -0.132. The van der Waals surface area contributed by atoms with Crippen molar-refractivity contribution in [1.29, 1.82) is 0 Å². The minimum atomic E-state index is -0.556. The van der Waals surface area contributed by atoms with Crippen LogP contribution in [0.1, 0.15) is 45.1 Å². The van der Waals surface area contributed by atoms with E-state index in [4.69, 9.17) is 9.47 Å². The van der Waals surface area contributed by atoms with E-state index in [1.54, 1.807) is 24.4 Å². The Bertz CT molecular complexity index is 1200. The molecule has 1 amide bonds. The van der Waals surface area contributed by atoms with Gasteiger partial charge >= 0.3 is 12.1 Å². The zero-order chi connectivity index (χ0) is 24.2. The summed E-state index contributed by atoms with van der Waals surface area (Å²) in [5.74, 6) is 7.01. The van der Waals surface area contributed by atoms with Gasteiger partial charge in [0.15, 0.2) is 0 Å². The average Bonchev–Trinajstić information content (AvgIpc) is 2.83. The second-order valence-electron chi connectivity index (χ2n) is 7.59. The van der Waals surface area contributed by atoms with Crippen LogP contribution in [0.4, 0.5) is 10.5 Å². The van der Waals surface area contributed by atoms with E-state index < -0.39 is 6.09 Å². The number of anilines is 1. The number of aromatic nitrogens is 1. The molecule has 34 heavy (non-hydrogen) atoms. The summed E-state index contributed by atoms with van der Waals surface area (Å²) in [5.41, 5.74) is 2.27. The Balaban J connectivity index is 1.58. The molecule has 0 saturated carbocycles. The molecule has 0 aliphatic rings. The van der Waals surface area contributed by atoms with Crippen molar-refractivity contribution in [2.45, 2.75) is 51.0 Å². The second kappa shape index (κ2) is 13.3. The molecule has 0 radical (unpaired) electrons. The maximum Gasteiger partial charge on any atom is 0.411 e. The first-order chi connectivity index (χ1) is 16.5. The first kappa shape index (κ1) is 25.1. The zero-order valence-corrected chi connectivity index (χ0v) is 20.2. The fourth-order valence-corrected chi connectivity index (χ4v) is 3.98. The highest BCUT2D eigenvalue weighted by Crippen LogP contribution is 2.31. The van der Waals surface area contributed by atoms with Crippen LogP contribution in [-0.2, 0) is 16.1 Å². The molecule has 0 atom stereocenters. The summed E-state index contributed by atoms with van der Waals surface area (Å²) < 4.78 is 10.7. The topological polar surface area (TPSA) is 77.5 Å². The van der Waals surface area contributed by atoms with Crippen molar-refractivity contribution >= 4 is 40.4 Å². The van der Waals surface area contributed by atoms with Crippen LogP contribution in [0.25, 0.3) is 10.9 Å². The summed E-state index contributed by atoms with van der Waals surface area (Å²) in [4.78, 5) is 28.8. The molecule has 176 valence electrons. The Morgan fingerprint density at radius 1 is 1.09 bits per heavy atom. The summed E-state index contributed by atoms with van der Waals surface area (Å²) in [7, 11) is 0. The molecular weight excluding hydrogens is 448 g/mol. The molecule has 0 bridgehead atoms. The minimum Gasteiger partial charge on any atom is -0.444 e. The van der Waals surface area contributed by atoms with Crippen molar-refractivity contribution in [1.82, 2.24) is 4.98 Å². The molecule has 6 nitrogen and oxygen atoms in total. The van der Waals surface area contributed by atoms with Gasteiger partial charge in [-0.05, 0) is 48.4 Å². The largest absolute Gasteiger partial charge is 0.444 e. The minimum absolute atomic E-state index is 0.0809. The summed E-state index contributed by atoms with van der Waals surface area (Å²) in [5, 5.41) is 3.66. The molecule has 3 aromatic rings. The van der Waals surface area contributed by atoms with Crippen LogP contribution in [-0.4, -0.2) is 22.8 Å². The number of unbranched alkanes of at least 4 members (excludes halogenated alkanes) is 3. The van der Waals surface area contributed by atoms with E-state index in [0.29, 0.717) is 17.2 Å². The third-order valence-electron chi connectivity index (χ3n) is 4.81. The van der Waals surface area contributed by atoms with Crippen LogP contribution in [0.5, 0.6) is 5.75 Å². The summed E-state index contributed by atoms with van der Waals surface area (Å²) >= 11 is 1.49. The van der Waals surface area contributed by atoms with Gasteiger partial charge < -0.3 is 9.47 Å². The number of thioether (sulfide) groups is 1. The predicted octanol–water partition coefficient (Wildman–Crippen LogP) is 6.58. The van der Waals surface area contributed by atoms with E-state index in [-0.39, 0.29) is 12.6 Å². The first-order valence-corrected chi connectivity index (χ1v) is 12.2. The second-order valence-corrected chi connectivity index (χ2v) is 8.60. The lowest BCUT2D eigenvalue weighted by Gasteiger charge is -2.11. The average molecular weight is 477 g/mol. The maximum atomic E-state index is 12.3. The molecule has 0 spiro atoms. The summed E-state index contributed by atoms with van der Waals surface area (Å²) in [6.07, 6.45) is 5.53. The predicted molar refractivity (Wildman–Crippen MR) is 136 cm³/mol. The number of benzene rings is 2. The molecule has 0 aliphatic heterocycles. The highest BCUT2D eigenvalue weighted by atomic mass is 32.2. The van der Waals surface area contributed by atoms with Crippen LogP contribution in [0.3, 0.4) is 0 Å². The number of pyridine rings is 1. The summed E-state index contributed by atoms with van der Waals surface area (Å²) in [6.45, 7) is 3.62. The van der Waals surface area contributed by atoms with Gasteiger partial charge in [0.25, 0.3) is 0 Å². The fraction of sp³-hybridized carbons (Fsp3) is 0.296. The van der Waals surface area contributed by atoms with Crippen LogP contribution >= 0.6 is 11.8 Å². The molecule has 1 N–H and O–H groups in total. The van der Waals surface area contributed by atoms with E-state index in [9.17, 15) is 9.59 Å². The van der Waals surface area contributed by atoms with E-state index >= 15 is 0 Å². The van der Waals surface area contributed by atoms with Crippen molar-refractivity contribution in [2.75, 3.05) is 11.1 Å². The lowest BCUT2D eigenvalue weighted by Crippen LogP contribution is -2.13. The Morgan fingerprint density at radius 2 is 1.97 bits per heavy atom. The zero-order valence-electron chi connectivity index (χ0n) is 19.4. The Hall–Kier alpha value is -3.50. The smallest absolute Gasteiger partial charge is 0.411 e. The van der Waals surface area contributed by atoms with Gasteiger partial charge in [-0.15, -0.1) is 17.7 Å². The number of carbonyl (C=O) groups excluding carboxylic acids is 2. The SMILES string of the molecule is CCCCCC#CCSc1cc(COC(=O)Nc2ccc3ncccc3c2)ccc1OC(C)=O. The van der Waals surface area contributed by atoms with Crippen molar-refractivity contribution in [3.05, 3.63) is 60.3 Å². The van der Waals surface area contributed by atoms with Gasteiger partial charge in [-0.3, -0.25) is 15.1 Å². The standard InChI is InChI=1S/C27H28N2O4S/c1-3-4-5-6-7-8-16-34-26-17-21(11-14-25(26)33-20(2)30)19-32-27(31)29-23-12-13-24-22(18-23)10-9-15-28-24/h9-15,17-18H,3-6,16,19H2,1-2H3,(H,29,31). The Kier molecular flexibility index (Phi) is 9.80. The summed E-state index contributed by atoms with van der Waals surface area (Å²) in [6, 6.07) is 14.6. The van der Waals surface area contributed by atoms with Gasteiger partial charge in [-0.25, -0.2) is 4.79 Å². The van der Waals surface area contributed by atoms with Crippen molar-refractivity contribution in [3.8, 4) is 17.6 Å². The number of amides is 1. The number of hydrogen-bond donors (Lipinski definition) is 1. The van der Waals surface area contributed by atoms with Crippen molar-refractivity contribution in [2.24, 2.45) is 0 Å². The van der Waals surface area contributed by atoms with E-state index in [1.165, 1.54) is 31.5 Å².